The number of likely N-dealkylation sites (tertiary alicyclic amines) is 1. The van der Waals surface area contributed by atoms with Gasteiger partial charge in [-0.3, -0.25) is 4.79 Å². The highest BCUT2D eigenvalue weighted by atomic mass is 32.1. The molecule has 3 heterocycles. The molecule has 1 amide bonds. The number of aromatic amines is 1. The smallest absolute Gasteiger partial charge is 0.314 e. The average molecular weight is 523 g/mol. The van der Waals surface area contributed by atoms with Crippen molar-refractivity contribution in [3.8, 4) is 0 Å². The summed E-state index contributed by atoms with van der Waals surface area (Å²) in [4.78, 5) is 22.6. The lowest BCUT2D eigenvalue weighted by Crippen LogP contribution is -2.48. The van der Waals surface area contributed by atoms with Gasteiger partial charge >= 0.3 is 4.84 Å². The fraction of sp³-hybridized carbons (Fsp3) is 0.552. The predicted octanol–water partition coefficient (Wildman–Crippen LogP) is 6.72. The molecule has 37 heavy (non-hydrogen) atoms. The summed E-state index contributed by atoms with van der Waals surface area (Å²) in [6.45, 7) is 5.19. The number of hydrogen-bond acceptors (Lipinski definition) is 6. The number of aryl methyl sites for hydroxylation is 2. The number of carbonyl (C=O) groups excluding carboxylic acids is 1. The third-order valence-corrected chi connectivity index (χ3v) is 8.61. The molecule has 0 bridgehead atoms. The van der Waals surface area contributed by atoms with Crippen LogP contribution < -0.4 is 4.90 Å². The number of aromatic nitrogens is 2. The molecule has 7 nitrogen and oxygen atoms in total. The fourth-order valence-corrected chi connectivity index (χ4v) is 6.34. The fourth-order valence-electron chi connectivity index (χ4n) is 6.19. The highest BCUT2D eigenvalue weighted by Crippen LogP contribution is 2.43. The second-order valence-corrected chi connectivity index (χ2v) is 11.2. The van der Waals surface area contributed by atoms with Crippen LogP contribution in [0.5, 0.6) is 0 Å². The Morgan fingerprint density at radius 1 is 1.14 bits per heavy atom. The monoisotopic (exact) mass is 522 g/mol. The molecule has 3 aromatic rings. The SMILES string of the molecule is Cc1ccc(N(C(=O)c2ccco2)C2CCN(CCC3(CCc4nc(=S)o[nH]4)CCCCC3)CC2)cc1. The van der Waals surface area contributed by atoms with Crippen LogP contribution in [0.15, 0.2) is 51.6 Å². The Labute approximate surface area is 224 Å². The lowest BCUT2D eigenvalue weighted by atomic mass is 9.69. The molecule has 1 saturated carbocycles. The molecule has 1 N–H and O–H groups in total. The maximum atomic E-state index is 13.4. The molecular formula is C29H38N4O3S. The van der Waals surface area contributed by atoms with Gasteiger partial charge in [-0.15, -0.1) is 0 Å². The normalized spacial score (nSPS) is 18.6. The lowest BCUT2D eigenvalue weighted by Gasteiger charge is -2.42. The van der Waals surface area contributed by atoms with E-state index in [2.05, 4.69) is 46.2 Å². The number of nitrogens with zero attached hydrogens (tertiary/aromatic N) is 3. The number of nitrogens with one attached hydrogen (secondary N) is 1. The molecule has 2 aromatic heterocycles. The molecule has 1 saturated heterocycles. The van der Waals surface area contributed by atoms with Crippen LogP contribution >= 0.6 is 12.2 Å². The molecule has 0 spiro atoms. The number of carbonyl (C=O) groups is 1. The van der Waals surface area contributed by atoms with Gasteiger partial charge in [-0.05, 0) is 93.9 Å². The van der Waals surface area contributed by atoms with E-state index in [9.17, 15) is 4.79 Å². The maximum absolute atomic E-state index is 13.4. The Morgan fingerprint density at radius 2 is 1.89 bits per heavy atom. The molecule has 1 aromatic carbocycles. The van der Waals surface area contributed by atoms with Crippen molar-refractivity contribution in [3.05, 3.63) is 64.6 Å². The van der Waals surface area contributed by atoms with Crippen LogP contribution in [0, 0.1) is 17.2 Å². The first-order valence-electron chi connectivity index (χ1n) is 13.7. The van der Waals surface area contributed by atoms with E-state index in [-0.39, 0.29) is 11.9 Å². The van der Waals surface area contributed by atoms with Crippen LogP contribution in [0.1, 0.15) is 79.7 Å². The molecule has 0 unspecified atom stereocenters. The molecule has 0 atom stereocenters. The van der Waals surface area contributed by atoms with Crippen LogP contribution in [0.2, 0.25) is 0 Å². The first-order valence-corrected chi connectivity index (χ1v) is 14.1. The van der Waals surface area contributed by atoms with Gasteiger partial charge in [0.05, 0.1) is 6.26 Å². The zero-order chi connectivity index (χ0) is 25.7. The van der Waals surface area contributed by atoms with Crippen molar-refractivity contribution >= 4 is 23.8 Å². The third-order valence-electron chi connectivity index (χ3n) is 8.43. The quantitative estimate of drug-likeness (QED) is 0.314. The van der Waals surface area contributed by atoms with E-state index in [4.69, 9.17) is 21.2 Å². The summed E-state index contributed by atoms with van der Waals surface area (Å²) in [6, 6.07) is 11.9. The Balaban J connectivity index is 1.20. The highest BCUT2D eigenvalue weighted by Gasteiger charge is 2.34. The van der Waals surface area contributed by atoms with Gasteiger partial charge in [-0.1, -0.05) is 37.0 Å². The van der Waals surface area contributed by atoms with Gasteiger partial charge in [-0.2, -0.15) is 4.98 Å². The van der Waals surface area contributed by atoms with Gasteiger partial charge in [0.15, 0.2) is 5.76 Å². The van der Waals surface area contributed by atoms with Gasteiger partial charge in [0.2, 0.25) is 0 Å². The van der Waals surface area contributed by atoms with Crippen LogP contribution in [0.4, 0.5) is 5.69 Å². The number of furan rings is 1. The molecule has 2 aliphatic rings. The second kappa shape index (κ2) is 11.8. The Bertz CT molecular complexity index is 1190. The standard InChI is InChI=1S/C29H38N4O3S/c1-22-7-9-23(10-8-22)33(27(34)25-6-5-21-35-25)24-12-18-32(19-13-24)20-17-29(14-3-2-4-15-29)16-11-26-30-28(37)36-31-26/h5-10,21,24H,2-4,11-20H2,1H3,(H,30,31,37). The summed E-state index contributed by atoms with van der Waals surface area (Å²) >= 11 is 5.03. The van der Waals surface area contributed by atoms with Crippen molar-refractivity contribution in [1.29, 1.82) is 0 Å². The first-order chi connectivity index (χ1) is 18.0. The molecule has 198 valence electrons. The van der Waals surface area contributed by atoms with Crippen LogP contribution in [-0.4, -0.2) is 46.6 Å². The summed E-state index contributed by atoms with van der Waals surface area (Å²) in [5.41, 5.74) is 2.50. The van der Waals surface area contributed by atoms with E-state index < -0.39 is 0 Å². The maximum Gasteiger partial charge on any atom is 0.314 e. The number of piperidine rings is 1. The summed E-state index contributed by atoms with van der Waals surface area (Å²) in [6.07, 6.45) is 13.3. The minimum absolute atomic E-state index is 0.0552. The van der Waals surface area contributed by atoms with E-state index in [1.165, 1.54) is 44.1 Å². The van der Waals surface area contributed by atoms with Crippen molar-refractivity contribution in [2.75, 3.05) is 24.5 Å². The minimum atomic E-state index is -0.0552. The topological polar surface area (TPSA) is 78.5 Å². The summed E-state index contributed by atoms with van der Waals surface area (Å²) < 4.78 is 10.6. The van der Waals surface area contributed by atoms with Crippen LogP contribution in [0.25, 0.3) is 0 Å². The lowest BCUT2D eigenvalue weighted by molar-refractivity contribution is 0.0918. The van der Waals surface area contributed by atoms with E-state index >= 15 is 0 Å². The van der Waals surface area contributed by atoms with Gasteiger partial charge < -0.3 is 18.7 Å². The molecule has 5 rings (SSSR count). The average Bonchev–Trinajstić information content (AvgIpc) is 3.61. The second-order valence-electron chi connectivity index (χ2n) is 10.9. The number of amides is 1. The summed E-state index contributed by atoms with van der Waals surface area (Å²) in [7, 11) is 0. The van der Waals surface area contributed by atoms with E-state index in [1.54, 1.807) is 18.4 Å². The van der Waals surface area contributed by atoms with Gasteiger partial charge in [0.25, 0.3) is 5.91 Å². The third kappa shape index (κ3) is 6.41. The molecule has 0 radical (unpaired) electrons. The van der Waals surface area contributed by atoms with Gasteiger partial charge in [0, 0.05) is 31.2 Å². The number of hydrogen-bond donors (Lipinski definition) is 1. The van der Waals surface area contributed by atoms with Gasteiger partial charge in [-0.25, -0.2) is 5.16 Å². The number of rotatable bonds is 9. The van der Waals surface area contributed by atoms with E-state index in [1.807, 2.05) is 4.90 Å². The Hall–Kier alpha value is -2.71. The Kier molecular flexibility index (Phi) is 8.25. The largest absolute Gasteiger partial charge is 0.459 e. The highest BCUT2D eigenvalue weighted by molar-refractivity contribution is 7.71. The van der Waals surface area contributed by atoms with Crippen molar-refractivity contribution < 1.29 is 13.7 Å². The molecule has 1 aliphatic carbocycles. The van der Waals surface area contributed by atoms with Crippen molar-refractivity contribution in [2.45, 2.75) is 77.2 Å². The van der Waals surface area contributed by atoms with Crippen molar-refractivity contribution in [3.63, 3.8) is 0 Å². The molecule has 2 fully saturated rings. The molecular weight excluding hydrogens is 484 g/mol. The Morgan fingerprint density at radius 3 is 2.54 bits per heavy atom. The zero-order valence-corrected chi connectivity index (χ0v) is 22.6. The zero-order valence-electron chi connectivity index (χ0n) is 21.8. The number of H-pyrrole nitrogens is 1. The number of anilines is 1. The van der Waals surface area contributed by atoms with Gasteiger partial charge in [0.1, 0.15) is 5.82 Å². The predicted molar refractivity (Wildman–Crippen MR) is 146 cm³/mol. The van der Waals surface area contributed by atoms with Crippen LogP contribution in [-0.2, 0) is 6.42 Å². The first kappa shape index (κ1) is 25.9. The van der Waals surface area contributed by atoms with Crippen LogP contribution in [0.3, 0.4) is 0 Å². The summed E-state index contributed by atoms with van der Waals surface area (Å²) in [5.74, 6) is 1.21. The molecule has 1 aliphatic heterocycles. The van der Waals surface area contributed by atoms with E-state index in [0.717, 1.165) is 56.8 Å². The van der Waals surface area contributed by atoms with Crippen molar-refractivity contribution in [2.24, 2.45) is 5.41 Å². The summed E-state index contributed by atoms with van der Waals surface area (Å²) in [5, 5.41) is 2.88. The minimum Gasteiger partial charge on any atom is -0.459 e. The number of benzene rings is 1. The molecule has 8 heteroatoms. The van der Waals surface area contributed by atoms with E-state index in [0.29, 0.717) is 16.0 Å². The van der Waals surface area contributed by atoms with Crippen molar-refractivity contribution in [1.82, 2.24) is 15.0 Å².